The predicted molar refractivity (Wildman–Crippen MR) is 118 cm³/mol. The first-order valence-electron chi connectivity index (χ1n) is 9.72. The molecule has 0 spiro atoms. The molecule has 1 aromatic carbocycles. The van der Waals surface area contributed by atoms with Gasteiger partial charge in [0, 0.05) is 22.7 Å². The molecule has 2 heterocycles. The average Bonchev–Trinajstić information content (AvgIpc) is 3.25. The van der Waals surface area contributed by atoms with E-state index in [4.69, 9.17) is 0 Å². The molecular formula is C22H26N4O2S. The van der Waals surface area contributed by atoms with E-state index < -0.39 is 0 Å². The molecule has 0 aliphatic carbocycles. The minimum absolute atomic E-state index is 0.176. The maximum atomic E-state index is 12.8. The number of carbonyl (C=O) groups is 2. The smallest absolute Gasteiger partial charge is 0.265 e. The number of hydrogen-bond acceptors (Lipinski definition) is 4. The van der Waals surface area contributed by atoms with Crippen molar-refractivity contribution in [3.8, 4) is 0 Å². The van der Waals surface area contributed by atoms with Crippen LogP contribution in [0.4, 0.5) is 11.4 Å². The minimum atomic E-state index is -0.227. The standard InChI is InChI=1S/C22H26N4O2S/c1-5-6-12-26-16(4)20(15(3)25-26)24-21(27)17-8-7-9-18(13-17)23-22(28)19-11-10-14(2)29-19/h7-11,13H,5-6,12H2,1-4H3,(H,23,28)(H,24,27). The molecular weight excluding hydrogens is 384 g/mol. The van der Waals surface area contributed by atoms with Gasteiger partial charge in [-0.3, -0.25) is 14.3 Å². The van der Waals surface area contributed by atoms with E-state index in [2.05, 4.69) is 22.7 Å². The number of amides is 2. The lowest BCUT2D eigenvalue weighted by atomic mass is 10.1. The topological polar surface area (TPSA) is 76.0 Å². The molecule has 2 amide bonds. The number of nitrogens with one attached hydrogen (secondary N) is 2. The van der Waals surface area contributed by atoms with Gasteiger partial charge < -0.3 is 10.6 Å². The average molecular weight is 411 g/mol. The van der Waals surface area contributed by atoms with Gasteiger partial charge in [-0.1, -0.05) is 19.4 Å². The SMILES string of the molecule is CCCCn1nc(C)c(NC(=O)c2cccc(NC(=O)c3ccc(C)s3)c2)c1C. The van der Waals surface area contributed by atoms with Crippen LogP contribution in [0.5, 0.6) is 0 Å². The van der Waals surface area contributed by atoms with Crippen molar-refractivity contribution in [1.82, 2.24) is 9.78 Å². The highest BCUT2D eigenvalue weighted by Crippen LogP contribution is 2.22. The van der Waals surface area contributed by atoms with Crippen molar-refractivity contribution in [2.45, 2.75) is 47.1 Å². The number of benzene rings is 1. The molecule has 6 nitrogen and oxygen atoms in total. The van der Waals surface area contributed by atoms with E-state index in [1.54, 1.807) is 30.3 Å². The molecule has 0 aliphatic heterocycles. The molecule has 0 fully saturated rings. The van der Waals surface area contributed by atoms with Gasteiger partial charge >= 0.3 is 0 Å². The van der Waals surface area contributed by atoms with Crippen LogP contribution in [0.2, 0.25) is 0 Å². The molecule has 0 unspecified atom stereocenters. The molecule has 3 rings (SSSR count). The van der Waals surface area contributed by atoms with Crippen LogP contribution < -0.4 is 10.6 Å². The third kappa shape index (κ3) is 4.92. The highest BCUT2D eigenvalue weighted by molar-refractivity contribution is 7.14. The Balaban J connectivity index is 1.73. The van der Waals surface area contributed by atoms with Gasteiger partial charge in [-0.2, -0.15) is 5.10 Å². The lowest BCUT2D eigenvalue weighted by Gasteiger charge is -2.09. The molecule has 0 radical (unpaired) electrons. The lowest BCUT2D eigenvalue weighted by Crippen LogP contribution is -2.15. The summed E-state index contributed by atoms with van der Waals surface area (Å²) in [6.45, 7) is 8.79. The number of thiophene rings is 1. The van der Waals surface area contributed by atoms with Gasteiger partial charge in [-0.05, 0) is 57.5 Å². The van der Waals surface area contributed by atoms with Crippen molar-refractivity contribution in [1.29, 1.82) is 0 Å². The summed E-state index contributed by atoms with van der Waals surface area (Å²) in [6, 6.07) is 10.7. The quantitative estimate of drug-likeness (QED) is 0.564. The monoisotopic (exact) mass is 410 g/mol. The summed E-state index contributed by atoms with van der Waals surface area (Å²) < 4.78 is 1.94. The molecule has 0 atom stereocenters. The lowest BCUT2D eigenvalue weighted by molar-refractivity contribution is 0.101. The number of unbranched alkanes of at least 4 members (excludes halogenated alkanes) is 1. The summed E-state index contributed by atoms with van der Waals surface area (Å²) in [5.41, 5.74) is 3.55. The molecule has 0 aliphatic rings. The van der Waals surface area contributed by atoms with Crippen LogP contribution in [0, 0.1) is 20.8 Å². The third-order valence-corrected chi connectivity index (χ3v) is 5.69. The second kappa shape index (κ2) is 9.05. The summed E-state index contributed by atoms with van der Waals surface area (Å²) >= 11 is 1.44. The number of carbonyl (C=O) groups excluding carboxylic acids is 2. The second-order valence-corrected chi connectivity index (χ2v) is 8.31. The van der Waals surface area contributed by atoms with Gasteiger partial charge in [-0.15, -0.1) is 11.3 Å². The van der Waals surface area contributed by atoms with Crippen molar-refractivity contribution >= 4 is 34.5 Å². The summed E-state index contributed by atoms with van der Waals surface area (Å²) in [7, 11) is 0. The van der Waals surface area contributed by atoms with Gasteiger partial charge in [0.1, 0.15) is 0 Å². The Morgan fingerprint density at radius 1 is 1.07 bits per heavy atom. The maximum Gasteiger partial charge on any atom is 0.265 e. The zero-order valence-electron chi connectivity index (χ0n) is 17.2. The van der Waals surface area contributed by atoms with Gasteiger partial charge in [0.15, 0.2) is 0 Å². The van der Waals surface area contributed by atoms with E-state index in [-0.39, 0.29) is 11.8 Å². The number of aromatic nitrogens is 2. The molecule has 0 saturated heterocycles. The number of nitrogens with zero attached hydrogens (tertiary/aromatic N) is 2. The Morgan fingerprint density at radius 2 is 1.86 bits per heavy atom. The number of rotatable bonds is 7. The van der Waals surface area contributed by atoms with Crippen LogP contribution in [0.1, 0.15) is 56.1 Å². The molecule has 2 aromatic heterocycles. The van der Waals surface area contributed by atoms with Crippen molar-refractivity contribution in [3.05, 3.63) is 63.1 Å². The zero-order valence-corrected chi connectivity index (χ0v) is 18.0. The largest absolute Gasteiger partial charge is 0.321 e. The number of anilines is 2. The molecule has 7 heteroatoms. The van der Waals surface area contributed by atoms with E-state index in [0.29, 0.717) is 16.1 Å². The van der Waals surface area contributed by atoms with Crippen molar-refractivity contribution in [2.24, 2.45) is 0 Å². The molecule has 0 saturated carbocycles. The maximum absolute atomic E-state index is 12.8. The van der Waals surface area contributed by atoms with E-state index in [1.807, 2.05) is 31.5 Å². The highest BCUT2D eigenvalue weighted by Gasteiger charge is 2.16. The van der Waals surface area contributed by atoms with E-state index in [1.165, 1.54) is 11.3 Å². The Morgan fingerprint density at radius 3 is 2.55 bits per heavy atom. The highest BCUT2D eigenvalue weighted by atomic mass is 32.1. The third-order valence-electron chi connectivity index (χ3n) is 4.69. The van der Waals surface area contributed by atoms with Crippen LogP contribution in [-0.4, -0.2) is 21.6 Å². The number of hydrogen-bond donors (Lipinski definition) is 2. The van der Waals surface area contributed by atoms with E-state index in [0.717, 1.165) is 41.3 Å². The van der Waals surface area contributed by atoms with Gasteiger partial charge in [-0.25, -0.2) is 0 Å². The Bertz CT molecular complexity index is 1040. The van der Waals surface area contributed by atoms with Crippen LogP contribution >= 0.6 is 11.3 Å². The Hall–Kier alpha value is -2.93. The number of aryl methyl sites for hydroxylation is 3. The minimum Gasteiger partial charge on any atom is -0.321 e. The van der Waals surface area contributed by atoms with Crippen LogP contribution in [0.15, 0.2) is 36.4 Å². The summed E-state index contributed by atoms with van der Waals surface area (Å²) in [5.74, 6) is -0.404. The fourth-order valence-electron chi connectivity index (χ4n) is 3.08. The summed E-state index contributed by atoms with van der Waals surface area (Å²) in [6.07, 6.45) is 2.13. The van der Waals surface area contributed by atoms with Crippen molar-refractivity contribution in [3.63, 3.8) is 0 Å². The Labute approximate surface area is 175 Å². The predicted octanol–water partition coefficient (Wildman–Crippen LogP) is 5.17. The first-order valence-corrected chi connectivity index (χ1v) is 10.5. The van der Waals surface area contributed by atoms with Gasteiger partial charge in [0.25, 0.3) is 11.8 Å². The van der Waals surface area contributed by atoms with Crippen molar-refractivity contribution < 1.29 is 9.59 Å². The fraction of sp³-hybridized carbons (Fsp3) is 0.318. The van der Waals surface area contributed by atoms with Crippen LogP contribution in [0.25, 0.3) is 0 Å². The van der Waals surface area contributed by atoms with Gasteiger partial charge in [0.2, 0.25) is 0 Å². The van der Waals surface area contributed by atoms with Crippen LogP contribution in [-0.2, 0) is 6.54 Å². The first-order chi connectivity index (χ1) is 13.9. The van der Waals surface area contributed by atoms with Gasteiger partial charge in [0.05, 0.1) is 22.0 Å². The summed E-state index contributed by atoms with van der Waals surface area (Å²) in [5, 5.41) is 10.4. The fourth-order valence-corrected chi connectivity index (χ4v) is 3.84. The first kappa shape index (κ1) is 20.8. The van der Waals surface area contributed by atoms with Crippen molar-refractivity contribution in [2.75, 3.05) is 10.6 Å². The van der Waals surface area contributed by atoms with E-state index in [9.17, 15) is 9.59 Å². The Kier molecular flexibility index (Phi) is 6.49. The van der Waals surface area contributed by atoms with E-state index >= 15 is 0 Å². The summed E-state index contributed by atoms with van der Waals surface area (Å²) in [4.78, 5) is 26.9. The molecule has 29 heavy (non-hydrogen) atoms. The molecule has 3 aromatic rings. The van der Waals surface area contributed by atoms with Crippen LogP contribution in [0.3, 0.4) is 0 Å². The second-order valence-electron chi connectivity index (χ2n) is 7.02. The molecule has 2 N–H and O–H groups in total. The normalized spacial score (nSPS) is 10.8. The zero-order chi connectivity index (χ0) is 21.0. The molecule has 152 valence electrons. The molecule has 0 bridgehead atoms.